The van der Waals surface area contributed by atoms with Crippen LogP contribution >= 0.6 is 0 Å². The van der Waals surface area contributed by atoms with Crippen LogP contribution in [-0.4, -0.2) is 31.8 Å². The summed E-state index contributed by atoms with van der Waals surface area (Å²) in [5, 5.41) is 15.8. The second kappa shape index (κ2) is 9.59. The molecule has 1 aromatic rings. The Hall–Kier alpha value is -2.06. The van der Waals surface area contributed by atoms with Crippen LogP contribution in [0, 0.1) is 22.7 Å². The molecule has 0 amide bonds. The zero-order chi connectivity index (χ0) is 19.0. The number of benzene rings is 1. The number of nitrogens with zero attached hydrogens (tertiary/aromatic N) is 2. The van der Waals surface area contributed by atoms with Gasteiger partial charge in [-0.2, -0.15) is 5.26 Å². The van der Waals surface area contributed by atoms with E-state index in [2.05, 4.69) is 49.4 Å². The largest absolute Gasteiger partial charge is 0.377 e. The van der Waals surface area contributed by atoms with Crippen molar-refractivity contribution in [3.8, 4) is 6.07 Å². The number of nitriles is 1. The first-order valence-corrected chi connectivity index (χ1v) is 9.57. The van der Waals surface area contributed by atoms with Crippen molar-refractivity contribution < 1.29 is 4.74 Å². The molecule has 1 aliphatic rings. The molecule has 1 fully saturated rings. The van der Waals surface area contributed by atoms with Crippen LogP contribution in [0.25, 0.3) is 0 Å². The van der Waals surface area contributed by atoms with E-state index in [4.69, 9.17) is 10.00 Å². The monoisotopic (exact) mass is 356 g/mol. The number of hydrogen-bond donors (Lipinski definition) is 2. The van der Waals surface area contributed by atoms with Gasteiger partial charge in [0.05, 0.1) is 24.3 Å². The zero-order valence-electron chi connectivity index (χ0n) is 16.5. The van der Waals surface area contributed by atoms with Gasteiger partial charge in [0.1, 0.15) is 0 Å². The topological polar surface area (TPSA) is 69.4 Å². The van der Waals surface area contributed by atoms with Crippen LogP contribution in [0.2, 0.25) is 0 Å². The molecule has 1 aliphatic heterocycles. The van der Waals surface area contributed by atoms with Crippen LogP contribution < -0.4 is 10.6 Å². The zero-order valence-corrected chi connectivity index (χ0v) is 16.5. The maximum atomic E-state index is 9.02. The molecule has 0 saturated carbocycles. The molecule has 2 unspecified atom stereocenters. The Bertz CT molecular complexity index is 642. The van der Waals surface area contributed by atoms with Crippen molar-refractivity contribution in [2.75, 3.05) is 19.7 Å². The van der Waals surface area contributed by atoms with Gasteiger partial charge in [0.15, 0.2) is 5.96 Å². The van der Waals surface area contributed by atoms with Gasteiger partial charge in [-0.25, -0.2) is 4.99 Å². The molecule has 1 saturated heterocycles. The molecule has 2 atom stereocenters. The lowest BCUT2D eigenvalue weighted by Gasteiger charge is -2.40. The minimum Gasteiger partial charge on any atom is -0.377 e. The summed E-state index contributed by atoms with van der Waals surface area (Å²) in [5.41, 5.74) is 1.85. The quantitative estimate of drug-likeness (QED) is 0.626. The first-order chi connectivity index (χ1) is 12.4. The van der Waals surface area contributed by atoms with Crippen LogP contribution in [0.5, 0.6) is 0 Å². The maximum Gasteiger partial charge on any atom is 0.191 e. The van der Waals surface area contributed by atoms with E-state index in [-0.39, 0.29) is 11.5 Å². The third-order valence-electron chi connectivity index (χ3n) is 4.65. The second-order valence-electron chi connectivity index (χ2n) is 7.95. The van der Waals surface area contributed by atoms with Crippen LogP contribution in [-0.2, 0) is 11.3 Å². The van der Waals surface area contributed by atoms with E-state index >= 15 is 0 Å². The van der Waals surface area contributed by atoms with Gasteiger partial charge < -0.3 is 15.4 Å². The lowest BCUT2D eigenvalue weighted by Crippen LogP contribution is -2.47. The van der Waals surface area contributed by atoms with Gasteiger partial charge >= 0.3 is 0 Å². The van der Waals surface area contributed by atoms with E-state index in [0.717, 1.165) is 37.6 Å². The lowest BCUT2D eigenvalue weighted by atomic mass is 9.78. The normalized spacial score (nSPS) is 21.1. The van der Waals surface area contributed by atoms with Gasteiger partial charge in [-0.05, 0) is 42.9 Å². The Morgan fingerprint density at radius 3 is 2.85 bits per heavy atom. The molecule has 1 heterocycles. The van der Waals surface area contributed by atoms with Gasteiger partial charge in [-0.3, -0.25) is 0 Å². The maximum absolute atomic E-state index is 9.02. The van der Waals surface area contributed by atoms with E-state index in [1.165, 1.54) is 6.42 Å². The average Bonchev–Trinajstić information content (AvgIpc) is 2.63. The molecule has 0 bridgehead atoms. The summed E-state index contributed by atoms with van der Waals surface area (Å²) in [6, 6.07) is 9.77. The highest BCUT2D eigenvalue weighted by molar-refractivity contribution is 5.79. The number of guanidine groups is 1. The number of ether oxygens (including phenoxy) is 1. The Morgan fingerprint density at radius 1 is 1.35 bits per heavy atom. The predicted octanol–water partition coefficient (Wildman–Crippen LogP) is 3.45. The van der Waals surface area contributed by atoms with Gasteiger partial charge in [0.25, 0.3) is 0 Å². The fourth-order valence-corrected chi connectivity index (χ4v) is 3.49. The van der Waals surface area contributed by atoms with Crippen LogP contribution in [0.15, 0.2) is 29.3 Å². The summed E-state index contributed by atoms with van der Waals surface area (Å²) in [4.78, 5) is 4.67. The van der Waals surface area contributed by atoms with E-state index in [0.29, 0.717) is 18.0 Å². The number of hydrogen-bond acceptors (Lipinski definition) is 3. The number of aliphatic imine (C=N–C) groups is 1. The Balaban J connectivity index is 1.99. The second-order valence-corrected chi connectivity index (χ2v) is 7.95. The molecule has 2 N–H and O–H groups in total. The number of nitrogens with one attached hydrogen (secondary N) is 2. The fraction of sp³-hybridized carbons (Fsp3) is 0.619. The average molecular weight is 357 g/mol. The van der Waals surface area contributed by atoms with Crippen LogP contribution in [0.1, 0.15) is 51.7 Å². The smallest absolute Gasteiger partial charge is 0.191 e. The van der Waals surface area contributed by atoms with Crippen molar-refractivity contribution in [2.24, 2.45) is 16.3 Å². The Kier molecular flexibility index (Phi) is 7.47. The summed E-state index contributed by atoms with van der Waals surface area (Å²) in [6.07, 6.45) is 2.56. The van der Waals surface area contributed by atoms with Gasteiger partial charge in [0.2, 0.25) is 0 Å². The summed E-state index contributed by atoms with van der Waals surface area (Å²) in [6.45, 7) is 11.9. The van der Waals surface area contributed by atoms with Gasteiger partial charge in [-0.15, -0.1) is 0 Å². The molecular weight excluding hydrogens is 324 g/mol. The summed E-state index contributed by atoms with van der Waals surface area (Å²) in [7, 11) is 0. The molecule has 0 aliphatic carbocycles. The molecule has 0 radical (unpaired) electrons. The Labute approximate surface area is 157 Å². The van der Waals surface area contributed by atoms with Crippen molar-refractivity contribution in [1.29, 1.82) is 5.26 Å². The summed E-state index contributed by atoms with van der Waals surface area (Å²) in [5.74, 6) is 1.29. The van der Waals surface area contributed by atoms with E-state index in [1.54, 1.807) is 0 Å². The highest BCUT2D eigenvalue weighted by Crippen LogP contribution is 2.33. The highest BCUT2D eigenvalue weighted by atomic mass is 16.5. The van der Waals surface area contributed by atoms with Crippen LogP contribution in [0.3, 0.4) is 0 Å². The van der Waals surface area contributed by atoms with Crippen LogP contribution in [0.4, 0.5) is 0 Å². The molecule has 0 aromatic heterocycles. The molecule has 26 heavy (non-hydrogen) atoms. The molecule has 5 heteroatoms. The minimum atomic E-state index is 0.139. The summed E-state index contributed by atoms with van der Waals surface area (Å²) >= 11 is 0. The van der Waals surface area contributed by atoms with Crippen molar-refractivity contribution in [3.05, 3.63) is 35.4 Å². The first-order valence-electron chi connectivity index (χ1n) is 9.57. The fourth-order valence-electron chi connectivity index (χ4n) is 3.49. The third-order valence-corrected chi connectivity index (χ3v) is 4.65. The lowest BCUT2D eigenvalue weighted by molar-refractivity contribution is -0.0835. The molecule has 2 rings (SSSR count). The van der Waals surface area contributed by atoms with E-state index in [1.807, 2.05) is 24.3 Å². The molecule has 0 spiro atoms. The molecule has 1 aromatic carbocycles. The molecule has 5 nitrogen and oxygen atoms in total. The van der Waals surface area contributed by atoms with Gasteiger partial charge in [0, 0.05) is 25.6 Å². The SMILES string of the molecule is CCNC(=NCc1cccc(C#N)c1)NCC1CCCOC1C(C)(C)C. The van der Waals surface area contributed by atoms with E-state index < -0.39 is 0 Å². The van der Waals surface area contributed by atoms with Crippen molar-refractivity contribution in [3.63, 3.8) is 0 Å². The standard InChI is InChI=1S/C21H32N4O/c1-5-23-20(24-14-17-9-6-8-16(12-17)13-22)25-15-18-10-7-11-26-19(18)21(2,3)4/h6,8-9,12,18-19H,5,7,10-11,14-15H2,1-4H3,(H2,23,24,25). The van der Waals surface area contributed by atoms with Gasteiger partial charge in [-0.1, -0.05) is 32.9 Å². The highest BCUT2D eigenvalue weighted by Gasteiger charge is 2.35. The predicted molar refractivity (Wildman–Crippen MR) is 106 cm³/mol. The minimum absolute atomic E-state index is 0.139. The first kappa shape index (κ1) is 20.3. The van der Waals surface area contributed by atoms with Crippen molar-refractivity contribution in [2.45, 2.75) is 53.2 Å². The molecule has 142 valence electrons. The summed E-state index contributed by atoms with van der Waals surface area (Å²) < 4.78 is 6.07. The van der Waals surface area contributed by atoms with Crippen molar-refractivity contribution in [1.82, 2.24) is 10.6 Å². The third kappa shape index (κ3) is 6.03. The number of rotatable bonds is 5. The molecular formula is C21H32N4O. The van der Waals surface area contributed by atoms with E-state index in [9.17, 15) is 0 Å². The Morgan fingerprint density at radius 2 is 2.15 bits per heavy atom. The van der Waals surface area contributed by atoms with Crippen molar-refractivity contribution >= 4 is 5.96 Å².